The Morgan fingerprint density at radius 2 is 2.19 bits per heavy atom. The molecule has 2 aromatic rings. The number of hydrogen-bond donors (Lipinski definition) is 2. The van der Waals surface area contributed by atoms with Crippen LogP contribution in [-0.4, -0.2) is 23.1 Å². The van der Waals surface area contributed by atoms with Crippen molar-refractivity contribution in [2.45, 2.75) is 5.92 Å². The zero-order chi connectivity index (χ0) is 11.0. The lowest BCUT2D eigenvalue weighted by molar-refractivity contribution is 0.433. The fraction of sp³-hybridized carbons (Fsp3) is 0.250. The normalized spacial score (nSPS) is 16.1. The average Bonchev–Trinajstić information content (AvgIpc) is 2.64. The maximum Gasteiger partial charge on any atom is 0.123 e. The van der Waals surface area contributed by atoms with E-state index in [1.807, 2.05) is 6.07 Å². The molecule has 1 aromatic carbocycles. The van der Waals surface area contributed by atoms with E-state index in [0.29, 0.717) is 5.92 Å². The van der Waals surface area contributed by atoms with E-state index < -0.39 is 0 Å². The summed E-state index contributed by atoms with van der Waals surface area (Å²) in [6.07, 6.45) is 1.77. The Morgan fingerprint density at radius 3 is 2.88 bits per heavy atom. The molecule has 0 bridgehead atoms. The number of H-pyrrole nitrogens is 1. The standard InChI is InChI=1S/C12H12FN3/c13-10-3-1-2-8(4-10)11-7-15-12(16-11)9-5-14-6-9/h1-4,7,9,14H,5-6H2,(H,15,16). The van der Waals surface area contributed by atoms with Crippen LogP contribution in [0.3, 0.4) is 0 Å². The zero-order valence-corrected chi connectivity index (χ0v) is 8.70. The van der Waals surface area contributed by atoms with Crippen molar-refractivity contribution < 1.29 is 4.39 Å². The van der Waals surface area contributed by atoms with E-state index in [1.54, 1.807) is 12.3 Å². The molecule has 2 N–H and O–H groups in total. The zero-order valence-electron chi connectivity index (χ0n) is 8.70. The Bertz CT molecular complexity index is 502. The topological polar surface area (TPSA) is 40.7 Å². The first kappa shape index (κ1) is 9.54. The number of aromatic amines is 1. The van der Waals surface area contributed by atoms with Crippen LogP contribution < -0.4 is 5.32 Å². The highest BCUT2D eigenvalue weighted by atomic mass is 19.1. The van der Waals surface area contributed by atoms with Crippen molar-refractivity contribution in [2.24, 2.45) is 0 Å². The summed E-state index contributed by atoms with van der Waals surface area (Å²) in [6, 6.07) is 6.53. The number of imidazole rings is 1. The highest BCUT2D eigenvalue weighted by Gasteiger charge is 2.21. The molecule has 0 spiro atoms. The summed E-state index contributed by atoms with van der Waals surface area (Å²) in [5, 5.41) is 3.20. The van der Waals surface area contributed by atoms with Gasteiger partial charge in [0.25, 0.3) is 0 Å². The summed E-state index contributed by atoms with van der Waals surface area (Å²) in [6.45, 7) is 1.94. The van der Waals surface area contributed by atoms with Gasteiger partial charge in [-0.1, -0.05) is 12.1 Å². The predicted molar refractivity (Wildman–Crippen MR) is 59.6 cm³/mol. The first-order valence-corrected chi connectivity index (χ1v) is 5.34. The van der Waals surface area contributed by atoms with Crippen LogP contribution in [0.15, 0.2) is 30.5 Å². The molecule has 1 saturated heterocycles. The van der Waals surface area contributed by atoms with E-state index in [0.717, 1.165) is 30.2 Å². The Labute approximate surface area is 92.7 Å². The molecule has 1 aliphatic heterocycles. The summed E-state index contributed by atoms with van der Waals surface area (Å²) >= 11 is 0. The molecule has 2 heterocycles. The first-order valence-electron chi connectivity index (χ1n) is 5.34. The molecule has 1 aliphatic rings. The number of rotatable bonds is 2. The number of benzene rings is 1. The van der Waals surface area contributed by atoms with Crippen LogP contribution in [0.1, 0.15) is 11.7 Å². The van der Waals surface area contributed by atoms with Crippen molar-refractivity contribution in [1.82, 2.24) is 15.3 Å². The number of halogens is 1. The number of nitrogens with zero attached hydrogens (tertiary/aromatic N) is 1. The molecule has 82 valence electrons. The molecular formula is C12H12FN3. The molecule has 1 aromatic heterocycles. The fourth-order valence-electron chi connectivity index (χ4n) is 1.83. The molecule has 0 unspecified atom stereocenters. The van der Waals surface area contributed by atoms with Gasteiger partial charge in [-0.05, 0) is 12.1 Å². The summed E-state index contributed by atoms with van der Waals surface area (Å²) in [4.78, 5) is 7.57. The van der Waals surface area contributed by atoms with Crippen molar-refractivity contribution in [3.05, 3.63) is 42.1 Å². The average molecular weight is 217 g/mol. The van der Waals surface area contributed by atoms with Crippen molar-refractivity contribution in [1.29, 1.82) is 0 Å². The second kappa shape index (κ2) is 3.72. The highest BCUT2D eigenvalue weighted by Crippen LogP contribution is 2.22. The largest absolute Gasteiger partial charge is 0.342 e. The van der Waals surface area contributed by atoms with Crippen LogP contribution in [0.5, 0.6) is 0 Å². The van der Waals surface area contributed by atoms with Crippen LogP contribution in [0.25, 0.3) is 11.3 Å². The van der Waals surface area contributed by atoms with Gasteiger partial charge in [-0.3, -0.25) is 0 Å². The second-order valence-electron chi connectivity index (χ2n) is 4.05. The summed E-state index contributed by atoms with van der Waals surface area (Å²) in [7, 11) is 0. The third kappa shape index (κ3) is 1.61. The molecule has 3 nitrogen and oxygen atoms in total. The Hall–Kier alpha value is -1.68. The van der Waals surface area contributed by atoms with Gasteiger partial charge in [0.1, 0.15) is 11.6 Å². The smallest absolute Gasteiger partial charge is 0.123 e. The Morgan fingerprint density at radius 1 is 1.31 bits per heavy atom. The van der Waals surface area contributed by atoms with Crippen LogP contribution >= 0.6 is 0 Å². The van der Waals surface area contributed by atoms with Gasteiger partial charge in [0.2, 0.25) is 0 Å². The van der Waals surface area contributed by atoms with E-state index in [-0.39, 0.29) is 5.82 Å². The van der Waals surface area contributed by atoms with Crippen LogP contribution in [0, 0.1) is 5.82 Å². The quantitative estimate of drug-likeness (QED) is 0.806. The van der Waals surface area contributed by atoms with Gasteiger partial charge in [-0.25, -0.2) is 9.37 Å². The molecular weight excluding hydrogens is 205 g/mol. The monoisotopic (exact) mass is 217 g/mol. The molecule has 0 saturated carbocycles. The molecule has 0 amide bonds. The maximum absolute atomic E-state index is 13.1. The molecule has 4 heteroatoms. The molecule has 1 fully saturated rings. The lowest BCUT2D eigenvalue weighted by Gasteiger charge is -2.24. The number of aromatic nitrogens is 2. The van der Waals surface area contributed by atoms with Crippen LogP contribution in [-0.2, 0) is 0 Å². The molecule has 16 heavy (non-hydrogen) atoms. The van der Waals surface area contributed by atoms with E-state index in [4.69, 9.17) is 0 Å². The summed E-state index contributed by atoms with van der Waals surface area (Å²) in [5.41, 5.74) is 1.72. The van der Waals surface area contributed by atoms with E-state index in [2.05, 4.69) is 15.3 Å². The van der Waals surface area contributed by atoms with Crippen molar-refractivity contribution in [3.63, 3.8) is 0 Å². The molecule has 0 aliphatic carbocycles. The maximum atomic E-state index is 13.1. The minimum Gasteiger partial charge on any atom is -0.342 e. The minimum atomic E-state index is -0.223. The first-order chi connectivity index (χ1) is 7.83. The van der Waals surface area contributed by atoms with Crippen LogP contribution in [0.4, 0.5) is 4.39 Å². The van der Waals surface area contributed by atoms with Gasteiger partial charge < -0.3 is 10.3 Å². The van der Waals surface area contributed by atoms with Gasteiger partial charge in [-0.2, -0.15) is 0 Å². The van der Waals surface area contributed by atoms with Crippen molar-refractivity contribution in [2.75, 3.05) is 13.1 Å². The van der Waals surface area contributed by atoms with E-state index in [1.165, 1.54) is 12.1 Å². The predicted octanol–water partition coefficient (Wildman–Crippen LogP) is 1.90. The Kier molecular flexibility index (Phi) is 2.22. The van der Waals surface area contributed by atoms with E-state index >= 15 is 0 Å². The van der Waals surface area contributed by atoms with Gasteiger partial charge in [-0.15, -0.1) is 0 Å². The third-order valence-electron chi connectivity index (χ3n) is 2.90. The molecule has 0 radical (unpaired) electrons. The highest BCUT2D eigenvalue weighted by molar-refractivity contribution is 5.58. The second-order valence-corrected chi connectivity index (χ2v) is 4.05. The lowest BCUT2D eigenvalue weighted by atomic mass is 10.0. The van der Waals surface area contributed by atoms with Gasteiger partial charge in [0.15, 0.2) is 0 Å². The molecule has 3 rings (SSSR count). The van der Waals surface area contributed by atoms with Gasteiger partial charge >= 0.3 is 0 Å². The van der Waals surface area contributed by atoms with E-state index in [9.17, 15) is 4.39 Å². The number of hydrogen-bond acceptors (Lipinski definition) is 2. The minimum absolute atomic E-state index is 0.223. The van der Waals surface area contributed by atoms with Crippen molar-refractivity contribution in [3.8, 4) is 11.3 Å². The fourth-order valence-corrected chi connectivity index (χ4v) is 1.83. The van der Waals surface area contributed by atoms with Gasteiger partial charge in [0.05, 0.1) is 11.9 Å². The Balaban J connectivity index is 1.91. The third-order valence-corrected chi connectivity index (χ3v) is 2.90. The van der Waals surface area contributed by atoms with Crippen LogP contribution in [0.2, 0.25) is 0 Å². The number of nitrogens with one attached hydrogen (secondary N) is 2. The summed E-state index contributed by atoms with van der Waals surface area (Å²) in [5.74, 6) is 1.24. The summed E-state index contributed by atoms with van der Waals surface area (Å²) < 4.78 is 13.1. The molecule has 0 atom stereocenters. The lowest BCUT2D eigenvalue weighted by Crippen LogP contribution is -2.40. The van der Waals surface area contributed by atoms with Gasteiger partial charge in [0, 0.05) is 24.6 Å². The van der Waals surface area contributed by atoms with Crippen molar-refractivity contribution >= 4 is 0 Å². The SMILES string of the molecule is Fc1cccc(-c2cnc(C3CNC3)[nH]2)c1.